The molecule has 1 aliphatic heterocycles. The number of nitrogens with zero attached hydrogens (tertiary/aromatic N) is 1. The quantitative estimate of drug-likeness (QED) is 0.556. The maximum Gasteiger partial charge on any atom is 0.291 e. The number of ketones is 2. The largest absolute Gasteiger partial charge is 0.361 e. The van der Waals surface area contributed by atoms with Gasteiger partial charge in [0.2, 0.25) is 11.5 Å². The Balaban J connectivity index is 1.65. The van der Waals surface area contributed by atoms with E-state index in [1.54, 1.807) is 6.20 Å². The van der Waals surface area contributed by atoms with Crippen LogP contribution in [0.4, 0.5) is 0 Å². The lowest BCUT2D eigenvalue weighted by molar-refractivity contribution is -0.396. The van der Waals surface area contributed by atoms with Crippen LogP contribution in [0.5, 0.6) is 0 Å². The van der Waals surface area contributed by atoms with Crippen molar-refractivity contribution in [2.24, 2.45) is 5.92 Å². The van der Waals surface area contributed by atoms with Gasteiger partial charge in [-0.1, -0.05) is 24.3 Å². The Kier molecular flexibility index (Phi) is 4.32. The molecule has 1 saturated heterocycles. The summed E-state index contributed by atoms with van der Waals surface area (Å²) < 4.78 is 0. The van der Waals surface area contributed by atoms with Crippen molar-refractivity contribution in [3.05, 3.63) is 66.1 Å². The fourth-order valence-electron chi connectivity index (χ4n) is 3.89. The summed E-state index contributed by atoms with van der Waals surface area (Å²) in [5.41, 5.74) is 2.80. The van der Waals surface area contributed by atoms with Crippen LogP contribution in [0.15, 0.2) is 54.9 Å². The summed E-state index contributed by atoms with van der Waals surface area (Å²) in [5.74, 6) is -2.45. The molecule has 0 spiro atoms. The number of aromatic amines is 2. The minimum atomic E-state index is -0.959. The van der Waals surface area contributed by atoms with Crippen LogP contribution in [-0.2, 0) is 20.8 Å². The van der Waals surface area contributed by atoms with Crippen LogP contribution in [0, 0.1) is 5.92 Å². The Morgan fingerprint density at radius 3 is 2.67 bits per heavy atom. The van der Waals surface area contributed by atoms with Crippen LogP contribution >= 0.6 is 0 Å². The van der Waals surface area contributed by atoms with Gasteiger partial charge in [-0.05, 0) is 25.0 Å². The van der Waals surface area contributed by atoms with Gasteiger partial charge in [0, 0.05) is 35.8 Å². The molecule has 2 atom stereocenters. The van der Waals surface area contributed by atoms with Gasteiger partial charge in [0.25, 0.3) is 5.91 Å². The molecule has 1 amide bonds. The molecular formula is C21H20N3O3+. The molecule has 4 rings (SSSR count). The summed E-state index contributed by atoms with van der Waals surface area (Å²) in [7, 11) is 0. The standard InChI is InChI=1S/C21H19N3O3/c1-13(25)18-19(17-8-4-5-10-22-17)24(21(27)20(18)26)11-9-14-12-23-16-7-3-2-6-15(14)16/h2-8,10,12,18-19,23H,9,11H2,1H3/p+1. The van der Waals surface area contributed by atoms with Gasteiger partial charge in [-0.25, -0.2) is 4.98 Å². The van der Waals surface area contributed by atoms with Gasteiger partial charge in [0.15, 0.2) is 6.20 Å². The number of pyridine rings is 1. The van der Waals surface area contributed by atoms with Gasteiger partial charge in [0.05, 0.1) is 0 Å². The second-order valence-electron chi connectivity index (χ2n) is 6.82. The Morgan fingerprint density at radius 2 is 1.93 bits per heavy atom. The van der Waals surface area contributed by atoms with E-state index in [1.165, 1.54) is 11.8 Å². The van der Waals surface area contributed by atoms with Crippen molar-refractivity contribution in [1.82, 2.24) is 9.88 Å². The van der Waals surface area contributed by atoms with E-state index in [9.17, 15) is 14.4 Å². The molecule has 1 fully saturated rings. The second-order valence-corrected chi connectivity index (χ2v) is 6.82. The molecule has 0 saturated carbocycles. The van der Waals surface area contributed by atoms with E-state index in [4.69, 9.17) is 0 Å². The number of para-hydroxylation sites is 1. The molecule has 0 bridgehead atoms. The zero-order chi connectivity index (χ0) is 19.0. The van der Waals surface area contributed by atoms with Crippen molar-refractivity contribution in [3.63, 3.8) is 0 Å². The van der Waals surface area contributed by atoms with Gasteiger partial charge in [-0.2, -0.15) is 0 Å². The van der Waals surface area contributed by atoms with Crippen molar-refractivity contribution >= 4 is 28.4 Å². The van der Waals surface area contributed by atoms with E-state index >= 15 is 0 Å². The van der Waals surface area contributed by atoms with Crippen LogP contribution in [0.1, 0.15) is 24.2 Å². The normalized spacial score (nSPS) is 19.8. The van der Waals surface area contributed by atoms with Crippen molar-refractivity contribution in [2.45, 2.75) is 19.4 Å². The van der Waals surface area contributed by atoms with Gasteiger partial charge >= 0.3 is 0 Å². The molecule has 6 heteroatoms. The van der Waals surface area contributed by atoms with E-state index < -0.39 is 23.7 Å². The zero-order valence-corrected chi connectivity index (χ0v) is 14.9. The first-order chi connectivity index (χ1) is 13.1. The van der Waals surface area contributed by atoms with E-state index in [1.807, 2.05) is 48.7 Å². The summed E-state index contributed by atoms with van der Waals surface area (Å²) in [5, 5.41) is 1.10. The van der Waals surface area contributed by atoms with Crippen molar-refractivity contribution in [3.8, 4) is 0 Å². The van der Waals surface area contributed by atoms with E-state index in [0.717, 1.165) is 16.5 Å². The Morgan fingerprint density at radius 1 is 1.15 bits per heavy atom. The molecule has 1 aromatic carbocycles. The predicted molar refractivity (Wildman–Crippen MR) is 98.6 cm³/mol. The number of likely N-dealkylation sites (tertiary alicyclic amines) is 1. The van der Waals surface area contributed by atoms with Crippen LogP contribution in [0.25, 0.3) is 10.9 Å². The number of amides is 1. The van der Waals surface area contributed by atoms with Crippen molar-refractivity contribution < 1.29 is 19.4 Å². The topological polar surface area (TPSA) is 84.4 Å². The Labute approximate surface area is 156 Å². The van der Waals surface area contributed by atoms with E-state index in [2.05, 4.69) is 9.97 Å². The molecule has 0 radical (unpaired) electrons. The third-order valence-electron chi connectivity index (χ3n) is 5.19. The lowest BCUT2D eigenvalue weighted by atomic mass is 9.92. The molecule has 2 aromatic heterocycles. The summed E-state index contributed by atoms with van der Waals surface area (Å²) in [6.07, 6.45) is 4.26. The van der Waals surface area contributed by atoms with E-state index in [-0.39, 0.29) is 5.78 Å². The highest BCUT2D eigenvalue weighted by molar-refractivity contribution is 6.42. The van der Waals surface area contributed by atoms with Gasteiger partial charge in [0.1, 0.15) is 17.7 Å². The number of hydrogen-bond donors (Lipinski definition) is 1. The summed E-state index contributed by atoms with van der Waals surface area (Å²) >= 11 is 0. The SMILES string of the molecule is CC(=O)C1C(=O)C(=O)N(CCc2c[nH]c3ccccc23)C1c1cccc[nH+]1. The van der Waals surface area contributed by atoms with Gasteiger partial charge < -0.3 is 9.88 Å². The number of carbonyl (C=O) groups is 3. The zero-order valence-electron chi connectivity index (χ0n) is 14.9. The average molecular weight is 362 g/mol. The molecular weight excluding hydrogens is 342 g/mol. The fraction of sp³-hybridized carbons (Fsp3) is 0.238. The van der Waals surface area contributed by atoms with Crippen molar-refractivity contribution in [2.75, 3.05) is 6.54 Å². The summed E-state index contributed by atoms with van der Waals surface area (Å²) in [6, 6.07) is 12.8. The Bertz CT molecular complexity index is 1030. The third-order valence-corrected chi connectivity index (χ3v) is 5.19. The number of carbonyl (C=O) groups excluding carboxylic acids is 3. The van der Waals surface area contributed by atoms with Gasteiger partial charge in [-0.15, -0.1) is 0 Å². The predicted octanol–water partition coefficient (Wildman–Crippen LogP) is 1.88. The maximum atomic E-state index is 12.6. The fourth-order valence-corrected chi connectivity index (χ4v) is 3.89. The highest BCUT2D eigenvalue weighted by Crippen LogP contribution is 2.35. The first-order valence-electron chi connectivity index (χ1n) is 8.95. The molecule has 27 heavy (non-hydrogen) atoms. The molecule has 3 aromatic rings. The lowest BCUT2D eigenvalue weighted by Gasteiger charge is -2.23. The monoisotopic (exact) mass is 362 g/mol. The first kappa shape index (κ1) is 17.1. The van der Waals surface area contributed by atoms with Crippen molar-refractivity contribution in [1.29, 1.82) is 0 Å². The van der Waals surface area contributed by atoms with E-state index in [0.29, 0.717) is 18.7 Å². The van der Waals surface area contributed by atoms with Crippen LogP contribution < -0.4 is 4.98 Å². The molecule has 0 aliphatic carbocycles. The van der Waals surface area contributed by atoms with Crippen LogP contribution in [-0.4, -0.2) is 33.9 Å². The highest BCUT2D eigenvalue weighted by Gasteiger charge is 2.52. The molecule has 1 aliphatic rings. The second kappa shape index (κ2) is 6.79. The Hall–Kier alpha value is -3.28. The number of hydrogen-bond acceptors (Lipinski definition) is 3. The molecule has 3 heterocycles. The summed E-state index contributed by atoms with van der Waals surface area (Å²) in [4.78, 5) is 45.1. The summed E-state index contributed by atoms with van der Waals surface area (Å²) in [6.45, 7) is 1.73. The first-order valence-corrected chi connectivity index (χ1v) is 8.95. The lowest BCUT2D eigenvalue weighted by Crippen LogP contribution is -2.35. The average Bonchev–Trinajstić information content (AvgIpc) is 3.20. The molecule has 2 N–H and O–H groups in total. The smallest absolute Gasteiger partial charge is 0.291 e. The number of rotatable bonds is 5. The van der Waals surface area contributed by atoms with Crippen LogP contribution in [0.2, 0.25) is 0 Å². The highest BCUT2D eigenvalue weighted by atomic mass is 16.2. The molecule has 2 unspecified atom stereocenters. The minimum absolute atomic E-state index is 0.287. The number of benzene rings is 1. The number of Topliss-reactive ketones (excluding diaryl/α,β-unsaturated/α-hetero) is 2. The third kappa shape index (κ3) is 2.93. The number of H-pyrrole nitrogens is 2. The number of aromatic nitrogens is 2. The van der Waals surface area contributed by atoms with Crippen LogP contribution in [0.3, 0.4) is 0 Å². The molecule has 6 nitrogen and oxygen atoms in total. The minimum Gasteiger partial charge on any atom is -0.361 e. The maximum absolute atomic E-state index is 12.6. The van der Waals surface area contributed by atoms with Gasteiger partial charge in [-0.3, -0.25) is 14.4 Å². The number of fused-ring (bicyclic) bond motifs is 1. The number of nitrogens with one attached hydrogen (secondary N) is 2. The molecule has 136 valence electrons.